The molecular weight excluding hydrogens is 208 g/mol. The van der Waals surface area contributed by atoms with Crippen LogP contribution in [0.2, 0.25) is 0 Å². The lowest BCUT2D eigenvalue weighted by Gasteiger charge is -2.04. The third kappa shape index (κ3) is 1.42. The molecule has 2 heterocycles. The van der Waals surface area contributed by atoms with Crippen LogP contribution in [0.25, 0.3) is 5.65 Å². The molecule has 0 atom stereocenters. The molecule has 0 unspecified atom stereocenters. The third-order valence-electron chi connectivity index (χ3n) is 2.50. The second kappa shape index (κ2) is 3.88. The van der Waals surface area contributed by atoms with Crippen LogP contribution in [0.4, 0.5) is 0 Å². The number of carbonyl (C=O) groups is 1. The van der Waals surface area contributed by atoms with E-state index in [1.165, 1.54) is 10.7 Å². The molecule has 0 radical (unpaired) electrons. The smallest absolute Gasteiger partial charge is 0.339 e. The number of nitrogens with zero attached hydrogens (tertiary/aromatic N) is 4. The third-order valence-corrected chi connectivity index (χ3v) is 2.50. The Labute approximate surface area is 91.9 Å². The summed E-state index contributed by atoms with van der Waals surface area (Å²) in [6.07, 6.45) is 2.68. The van der Waals surface area contributed by atoms with Gasteiger partial charge in [0.15, 0.2) is 5.65 Å². The minimum Gasteiger partial charge on any atom is -0.478 e. The van der Waals surface area contributed by atoms with Crippen LogP contribution in [0.3, 0.4) is 0 Å². The van der Waals surface area contributed by atoms with Gasteiger partial charge in [0.05, 0.1) is 11.3 Å². The van der Waals surface area contributed by atoms with Crippen LogP contribution in [0.15, 0.2) is 6.20 Å². The summed E-state index contributed by atoms with van der Waals surface area (Å²) >= 11 is 0. The topological polar surface area (TPSA) is 80.4 Å². The van der Waals surface area contributed by atoms with Gasteiger partial charge in [0.2, 0.25) is 0 Å². The van der Waals surface area contributed by atoms with Crippen molar-refractivity contribution in [1.82, 2.24) is 19.8 Å². The molecule has 0 amide bonds. The van der Waals surface area contributed by atoms with Gasteiger partial charge in [-0.25, -0.2) is 9.78 Å². The van der Waals surface area contributed by atoms with E-state index in [4.69, 9.17) is 5.11 Å². The zero-order chi connectivity index (χ0) is 11.7. The highest BCUT2D eigenvalue weighted by molar-refractivity contribution is 5.88. The summed E-state index contributed by atoms with van der Waals surface area (Å²) in [4.78, 5) is 15.1. The predicted molar refractivity (Wildman–Crippen MR) is 56.5 cm³/mol. The Morgan fingerprint density at radius 2 is 2.19 bits per heavy atom. The quantitative estimate of drug-likeness (QED) is 0.832. The van der Waals surface area contributed by atoms with Crippen LogP contribution in [0, 0.1) is 0 Å². The highest BCUT2D eigenvalue weighted by Gasteiger charge is 2.16. The average molecular weight is 220 g/mol. The van der Waals surface area contributed by atoms with E-state index < -0.39 is 5.97 Å². The summed E-state index contributed by atoms with van der Waals surface area (Å²) in [6, 6.07) is 0. The van der Waals surface area contributed by atoms with Crippen molar-refractivity contribution in [3.8, 4) is 0 Å². The van der Waals surface area contributed by atoms with Crippen LogP contribution in [0.5, 0.6) is 0 Å². The Morgan fingerprint density at radius 3 is 2.75 bits per heavy atom. The summed E-state index contributed by atoms with van der Waals surface area (Å²) in [7, 11) is 0. The van der Waals surface area contributed by atoms with E-state index in [1.54, 1.807) is 0 Å². The fourth-order valence-electron chi connectivity index (χ4n) is 1.68. The Kier molecular flexibility index (Phi) is 2.55. The number of aromatic carboxylic acids is 1. The minimum absolute atomic E-state index is 0.183. The Balaban J connectivity index is 2.76. The summed E-state index contributed by atoms with van der Waals surface area (Å²) in [6.45, 7) is 3.84. The first kappa shape index (κ1) is 10.5. The summed E-state index contributed by atoms with van der Waals surface area (Å²) < 4.78 is 1.52. The Morgan fingerprint density at radius 1 is 1.44 bits per heavy atom. The number of carboxylic acid groups (broad SMARTS) is 1. The summed E-state index contributed by atoms with van der Waals surface area (Å²) in [5, 5.41) is 16.9. The lowest BCUT2D eigenvalue weighted by atomic mass is 10.2. The number of hydrogen-bond donors (Lipinski definition) is 1. The molecule has 6 heteroatoms. The molecule has 0 bridgehead atoms. The first-order valence-electron chi connectivity index (χ1n) is 5.14. The monoisotopic (exact) mass is 220 g/mol. The van der Waals surface area contributed by atoms with Crippen molar-refractivity contribution in [1.29, 1.82) is 0 Å². The van der Waals surface area contributed by atoms with Gasteiger partial charge in [-0.05, 0) is 12.8 Å². The van der Waals surface area contributed by atoms with Crippen molar-refractivity contribution in [2.24, 2.45) is 0 Å². The van der Waals surface area contributed by atoms with Gasteiger partial charge in [0, 0.05) is 6.20 Å². The SMILES string of the molecule is CCc1nnn2c(CC)c(C(=O)O)cnc12. The van der Waals surface area contributed by atoms with Crippen molar-refractivity contribution in [3.63, 3.8) is 0 Å². The zero-order valence-corrected chi connectivity index (χ0v) is 9.14. The molecule has 84 valence electrons. The second-order valence-corrected chi connectivity index (χ2v) is 3.40. The molecule has 0 saturated carbocycles. The molecule has 0 aliphatic carbocycles. The molecular formula is C10H12N4O2. The van der Waals surface area contributed by atoms with Crippen molar-refractivity contribution in [2.45, 2.75) is 26.7 Å². The van der Waals surface area contributed by atoms with Crippen LogP contribution < -0.4 is 0 Å². The number of carboxylic acids is 1. The Bertz CT molecular complexity index is 547. The number of fused-ring (bicyclic) bond motifs is 1. The van der Waals surface area contributed by atoms with Crippen LogP contribution in [-0.4, -0.2) is 30.9 Å². The maximum atomic E-state index is 11.0. The minimum atomic E-state index is -0.986. The van der Waals surface area contributed by atoms with E-state index in [0.29, 0.717) is 17.8 Å². The van der Waals surface area contributed by atoms with Gasteiger partial charge in [0.25, 0.3) is 0 Å². The number of rotatable bonds is 3. The van der Waals surface area contributed by atoms with E-state index in [2.05, 4.69) is 15.3 Å². The number of aryl methyl sites for hydroxylation is 2. The molecule has 0 aromatic carbocycles. The standard InChI is InChI=1S/C10H12N4O2/c1-3-7-9-11-5-6(10(15)16)8(4-2)14(9)13-12-7/h5H,3-4H2,1-2H3,(H,15,16). The normalized spacial score (nSPS) is 10.9. The molecule has 0 fully saturated rings. The first-order chi connectivity index (χ1) is 7.69. The van der Waals surface area contributed by atoms with Gasteiger partial charge >= 0.3 is 5.97 Å². The lowest BCUT2D eigenvalue weighted by molar-refractivity contribution is 0.0694. The molecule has 2 aromatic heterocycles. The van der Waals surface area contributed by atoms with E-state index in [1.807, 2.05) is 13.8 Å². The molecule has 0 saturated heterocycles. The zero-order valence-electron chi connectivity index (χ0n) is 9.14. The average Bonchev–Trinajstić information content (AvgIpc) is 2.70. The molecule has 1 N–H and O–H groups in total. The van der Waals surface area contributed by atoms with Gasteiger partial charge in [-0.1, -0.05) is 19.1 Å². The van der Waals surface area contributed by atoms with E-state index in [-0.39, 0.29) is 5.56 Å². The molecule has 2 rings (SSSR count). The highest BCUT2D eigenvalue weighted by atomic mass is 16.4. The predicted octanol–water partition coefficient (Wildman–Crippen LogP) is 0.947. The maximum Gasteiger partial charge on any atom is 0.339 e. The number of hydrogen-bond acceptors (Lipinski definition) is 4. The maximum absolute atomic E-state index is 11.0. The van der Waals surface area contributed by atoms with Crippen LogP contribution in [-0.2, 0) is 12.8 Å². The molecule has 2 aromatic rings. The fourth-order valence-corrected chi connectivity index (χ4v) is 1.68. The largest absolute Gasteiger partial charge is 0.478 e. The van der Waals surface area contributed by atoms with Gasteiger partial charge < -0.3 is 5.11 Å². The molecule has 0 aliphatic heterocycles. The van der Waals surface area contributed by atoms with E-state index in [9.17, 15) is 4.79 Å². The van der Waals surface area contributed by atoms with Gasteiger partial charge in [-0.15, -0.1) is 5.10 Å². The molecule has 6 nitrogen and oxygen atoms in total. The highest BCUT2D eigenvalue weighted by Crippen LogP contribution is 2.13. The van der Waals surface area contributed by atoms with Crippen molar-refractivity contribution in [2.75, 3.05) is 0 Å². The first-order valence-corrected chi connectivity index (χ1v) is 5.14. The molecule has 0 aliphatic rings. The fraction of sp³-hybridized carbons (Fsp3) is 0.400. The van der Waals surface area contributed by atoms with Crippen LogP contribution >= 0.6 is 0 Å². The van der Waals surface area contributed by atoms with Crippen LogP contribution in [0.1, 0.15) is 35.6 Å². The van der Waals surface area contributed by atoms with Crippen molar-refractivity contribution >= 4 is 11.6 Å². The van der Waals surface area contributed by atoms with E-state index >= 15 is 0 Å². The van der Waals surface area contributed by atoms with Gasteiger partial charge in [-0.2, -0.15) is 4.52 Å². The molecule has 16 heavy (non-hydrogen) atoms. The summed E-state index contributed by atoms with van der Waals surface area (Å²) in [5.74, 6) is -0.986. The van der Waals surface area contributed by atoms with E-state index in [0.717, 1.165) is 12.1 Å². The molecule has 0 spiro atoms. The van der Waals surface area contributed by atoms with Gasteiger partial charge in [0.1, 0.15) is 5.69 Å². The summed E-state index contributed by atoms with van der Waals surface area (Å²) in [5.41, 5.74) is 2.24. The van der Waals surface area contributed by atoms with Gasteiger partial charge in [-0.3, -0.25) is 0 Å². The second-order valence-electron chi connectivity index (χ2n) is 3.40. The van der Waals surface area contributed by atoms with Crippen molar-refractivity contribution in [3.05, 3.63) is 23.1 Å². The lowest BCUT2D eigenvalue weighted by Crippen LogP contribution is -2.09. The van der Waals surface area contributed by atoms with Crippen molar-refractivity contribution < 1.29 is 9.90 Å². The Hall–Kier alpha value is -1.98. The number of aromatic nitrogens is 4.